The van der Waals surface area contributed by atoms with Crippen LogP contribution in [0.4, 0.5) is 0 Å². The molecule has 2 aliphatic rings. The van der Waals surface area contributed by atoms with Crippen LogP contribution in [0.5, 0.6) is 0 Å². The zero-order valence-corrected chi connectivity index (χ0v) is 8.49. The minimum Gasteiger partial charge on any atom is -0.356 e. The van der Waals surface area contributed by atoms with Gasteiger partial charge < -0.3 is 10.3 Å². The van der Waals surface area contributed by atoms with E-state index in [-0.39, 0.29) is 5.43 Å². The number of fused-ring (bicyclic) bond motifs is 1. The molecule has 0 amide bonds. The average molecular weight is 204 g/mol. The van der Waals surface area contributed by atoms with Gasteiger partial charge in [0.05, 0.1) is 5.69 Å². The van der Waals surface area contributed by atoms with Gasteiger partial charge in [0.25, 0.3) is 0 Å². The molecule has 0 aromatic carbocycles. The SMILES string of the molecule is Cc1c2ccc(=O)cc-2onc1CCN. The molecule has 78 valence electrons. The molecule has 2 N–H and O–H groups in total. The van der Waals surface area contributed by atoms with E-state index < -0.39 is 0 Å². The Morgan fingerprint density at radius 2 is 2.27 bits per heavy atom. The molecule has 0 aromatic rings. The maximum Gasteiger partial charge on any atom is 0.182 e. The molecule has 0 radical (unpaired) electrons. The van der Waals surface area contributed by atoms with Gasteiger partial charge in [0, 0.05) is 18.1 Å². The van der Waals surface area contributed by atoms with Crippen molar-refractivity contribution < 1.29 is 4.52 Å². The van der Waals surface area contributed by atoms with Crippen molar-refractivity contribution in [3.05, 3.63) is 39.7 Å². The summed E-state index contributed by atoms with van der Waals surface area (Å²) >= 11 is 0. The number of nitrogens with two attached hydrogens (primary N) is 1. The Labute approximate surface area is 87.0 Å². The van der Waals surface area contributed by atoms with Crippen molar-refractivity contribution in [1.29, 1.82) is 0 Å². The van der Waals surface area contributed by atoms with Gasteiger partial charge >= 0.3 is 0 Å². The van der Waals surface area contributed by atoms with E-state index in [1.165, 1.54) is 12.1 Å². The maximum atomic E-state index is 11.1. The van der Waals surface area contributed by atoms with Crippen LogP contribution in [0.25, 0.3) is 11.3 Å². The van der Waals surface area contributed by atoms with E-state index in [1.807, 2.05) is 6.92 Å². The quantitative estimate of drug-likeness (QED) is 0.790. The third kappa shape index (κ3) is 1.76. The van der Waals surface area contributed by atoms with Crippen molar-refractivity contribution >= 4 is 0 Å². The van der Waals surface area contributed by atoms with Gasteiger partial charge in [-0.1, -0.05) is 5.16 Å². The Kier molecular flexibility index (Phi) is 2.51. The minimum absolute atomic E-state index is 0.0703. The lowest BCUT2D eigenvalue weighted by Crippen LogP contribution is -2.08. The number of benzene rings is 1. The molecule has 2 rings (SSSR count). The summed E-state index contributed by atoms with van der Waals surface area (Å²) in [5.41, 5.74) is 8.20. The molecule has 4 heteroatoms. The monoisotopic (exact) mass is 204 g/mol. The molecule has 1 aliphatic heterocycles. The molecule has 0 unspecified atom stereocenters. The smallest absolute Gasteiger partial charge is 0.182 e. The second kappa shape index (κ2) is 3.82. The predicted octanol–water partition coefficient (Wildman–Crippen LogP) is 0.949. The number of rotatable bonds is 2. The highest BCUT2D eigenvalue weighted by atomic mass is 16.5. The first kappa shape index (κ1) is 9.86. The van der Waals surface area contributed by atoms with E-state index in [0.29, 0.717) is 18.7 Å². The summed E-state index contributed by atoms with van der Waals surface area (Å²) in [5, 5.41) is 3.94. The Balaban J connectivity index is 2.64. The van der Waals surface area contributed by atoms with E-state index in [2.05, 4.69) is 5.16 Å². The van der Waals surface area contributed by atoms with Crippen molar-refractivity contribution in [2.24, 2.45) is 5.73 Å². The number of nitrogens with zero attached hydrogens (tertiary/aromatic N) is 1. The first-order valence-electron chi connectivity index (χ1n) is 4.81. The largest absolute Gasteiger partial charge is 0.356 e. The number of hydrogen-bond donors (Lipinski definition) is 1. The first-order chi connectivity index (χ1) is 7.22. The van der Waals surface area contributed by atoms with Crippen molar-refractivity contribution in [1.82, 2.24) is 5.16 Å². The van der Waals surface area contributed by atoms with Crippen molar-refractivity contribution in [3.8, 4) is 11.3 Å². The van der Waals surface area contributed by atoms with Crippen LogP contribution in [0.15, 0.2) is 27.5 Å². The molecule has 0 saturated heterocycles. The Hall–Kier alpha value is -1.68. The summed E-state index contributed by atoms with van der Waals surface area (Å²) in [6.45, 7) is 2.49. The van der Waals surface area contributed by atoms with E-state index in [1.54, 1.807) is 6.07 Å². The van der Waals surface area contributed by atoms with Gasteiger partial charge in [0.2, 0.25) is 0 Å². The molecule has 0 atom stereocenters. The Morgan fingerprint density at radius 3 is 3.00 bits per heavy atom. The zero-order valence-electron chi connectivity index (χ0n) is 8.49. The summed E-state index contributed by atoms with van der Waals surface area (Å²) in [6.07, 6.45) is 0.685. The van der Waals surface area contributed by atoms with Gasteiger partial charge in [0.15, 0.2) is 11.2 Å². The fourth-order valence-corrected chi connectivity index (χ4v) is 1.59. The van der Waals surface area contributed by atoms with Gasteiger partial charge in [0.1, 0.15) is 0 Å². The molecule has 0 aromatic heterocycles. The lowest BCUT2D eigenvalue weighted by molar-refractivity contribution is 0.398. The second-order valence-corrected chi connectivity index (χ2v) is 3.45. The van der Waals surface area contributed by atoms with Crippen LogP contribution in [0.2, 0.25) is 0 Å². The number of aromatic nitrogens is 1. The lowest BCUT2D eigenvalue weighted by atomic mass is 10.0. The molecule has 4 nitrogen and oxygen atoms in total. The third-order valence-corrected chi connectivity index (χ3v) is 2.43. The lowest BCUT2D eigenvalue weighted by Gasteiger charge is -2.09. The molecule has 0 spiro atoms. The minimum atomic E-state index is -0.0703. The highest BCUT2D eigenvalue weighted by Gasteiger charge is 2.12. The van der Waals surface area contributed by atoms with Crippen LogP contribution in [-0.2, 0) is 6.42 Å². The molecule has 15 heavy (non-hydrogen) atoms. The molecule has 0 saturated carbocycles. The molecule has 0 fully saturated rings. The molecule has 1 heterocycles. The fourth-order valence-electron chi connectivity index (χ4n) is 1.59. The maximum absolute atomic E-state index is 11.1. The third-order valence-electron chi connectivity index (χ3n) is 2.43. The van der Waals surface area contributed by atoms with Crippen LogP contribution in [0, 0.1) is 6.92 Å². The molecule has 1 aliphatic carbocycles. The Bertz CT molecular complexity index is 505. The molecular weight excluding hydrogens is 192 g/mol. The van der Waals surface area contributed by atoms with E-state index in [0.717, 1.165) is 16.8 Å². The van der Waals surface area contributed by atoms with Crippen LogP contribution < -0.4 is 11.2 Å². The van der Waals surface area contributed by atoms with Crippen molar-refractivity contribution in [2.45, 2.75) is 13.3 Å². The van der Waals surface area contributed by atoms with Crippen molar-refractivity contribution in [3.63, 3.8) is 0 Å². The summed E-state index contributed by atoms with van der Waals surface area (Å²) in [5.74, 6) is 0.528. The van der Waals surface area contributed by atoms with Gasteiger partial charge in [-0.15, -0.1) is 0 Å². The van der Waals surface area contributed by atoms with Gasteiger partial charge in [-0.3, -0.25) is 4.79 Å². The number of hydrogen-bond acceptors (Lipinski definition) is 4. The van der Waals surface area contributed by atoms with E-state index >= 15 is 0 Å². The topological polar surface area (TPSA) is 69.1 Å². The van der Waals surface area contributed by atoms with E-state index in [9.17, 15) is 4.79 Å². The molecular formula is C11H12N2O2. The zero-order chi connectivity index (χ0) is 10.8. The van der Waals surface area contributed by atoms with Crippen molar-refractivity contribution in [2.75, 3.05) is 6.54 Å². The highest BCUT2D eigenvalue weighted by Crippen LogP contribution is 2.24. The average Bonchev–Trinajstić information content (AvgIpc) is 2.22. The summed E-state index contributed by atoms with van der Waals surface area (Å²) < 4.78 is 5.15. The van der Waals surface area contributed by atoms with Gasteiger partial charge in [-0.2, -0.15) is 0 Å². The highest BCUT2D eigenvalue weighted by molar-refractivity contribution is 5.62. The summed E-state index contributed by atoms with van der Waals surface area (Å²) in [6, 6.07) is 4.73. The van der Waals surface area contributed by atoms with Crippen LogP contribution in [-0.4, -0.2) is 11.7 Å². The summed E-state index contributed by atoms with van der Waals surface area (Å²) in [4.78, 5) is 11.1. The van der Waals surface area contributed by atoms with Crippen LogP contribution in [0.1, 0.15) is 11.3 Å². The first-order valence-corrected chi connectivity index (χ1v) is 4.81. The normalized spacial score (nSPS) is 10.8. The van der Waals surface area contributed by atoms with Gasteiger partial charge in [-0.25, -0.2) is 0 Å². The standard InChI is InChI=1S/C11H12N2O2/c1-7-9-3-2-8(14)6-11(9)15-13-10(7)4-5-12/h2-3,6H,4-5,12H2,1H3. The summed E-state index contributed by atoms with van der Waals surface area (Å²) in [7, 11) is 0. The van der Waals surface area contributed by atoms with Crippen LogP contribution >= 0.6 is 0 Å². The molecule has 0 bridgehead atoms. The predicted molar refractivity (Wildman–Crippen MR) is 56.9 cm³/mol. The second-order valence-electron chi connectivity index (χ2n) is 3.45. The van der Waals surface area contributed by atoms with Gasteiger partial charge in [-0.05, 0) is 31.2 Å². The van der Waals surface area contributed by atoms with E-state index in [4.69, 9.17) is 10.3 Å². The fraction of sp³-hybridized carbons (Fsp3) is 0.273. The van der Waals surface area contributed by atoms with Crippen LogP contribution in [0.3, 0.4) is 0 Å². The Morgan fingerprint density at radius 1 is 1.47 bits per heavy atom.